The molecule has 0 unspecified atom stereocenters. The van der Waals surface area contributed by atoms with E-state index in [0.717, 1.165) is 36.0 Å². The molecule has 4 rings (SSSR count). The molecule has 0 saturated carbocycles. The molecule has 4 N–H and O–H groups in total. The molecule has 2 aliphatic rings. The predicted octanol–water partition coefficient (Wildman–Crippen LogP) is 4.27. The van der Waals surface area contributed by atoms with Crippen LogP contribution in [0.5, 0.6) is 5.75 Å². The lowest BCUT2D eigenvalue weighted by atomic mass is 9.83. The van der Waals surface area contributed by atoms with Crippen LogP contribution in [0, 0.1) is 5.41 Å². The summed E-state index contributed by atoms with van der Waals surface area (Å²) >= 11 is 0. The molecule has 2 aromatic rings. The summed E-state index contributed by atoms with van der Waals surface area (Å²) in [6.07, 6.45) is 2.36. The smallest absolute Gasteiger partial charge is 0.410 e. The van der Waals surface area contributed by atoms with Crippen LogP contribution in [-0.4, -0.2) is 90.8 Å². The second kappa shape index (κ2) is 16.9. The maximum Gasteiger partial charge on any atom is 0.410 e. The Bertz CT molecular complexity index is 1550. The monoisotopic (exact) mass is 707 g/mol. The van der Waals surface area contributed by atoms with Gasteiger partial charge in [-0.2, -0.15) is 0 Å². The van der Waals surface area contributed by atoms with E-state index in [9.17, 15) is 19.2 Å². The molecule has 0 aromatic heterocycles. The van der Waals surface area contributed by atoms with Crippen LogP contribution in [0.15, 0.2) is 42.5 Å². The number of likely N-dealkylation sites (N-methyl/N-ethyl adjacent to an activating group) is 1. The normalized spacial score (nSPS) is 18.4. The second-order valence-corrected chi connectivity index (χ2v) is 15.6. The Morgan fingerprint density at radius 1 is 0.980 bits per heavy atom. The van der Waals surface area contributed by atoms with Gasteiger partial charge in [-0.05, 0) is 86.8 Å². The van der Waals surface area contributed by atoms with Crippen molar-refractivity contribution in [1.29, 1.82) is 0 Å². The third kappa shape index (κ3) is 10.4. The number of hydrogen-bond donors (Lipinski definition) is 3. The number of nitrogens with two attached hydrogens (primary N) is 1. The largest absolute Gasteiger partial charge is 0.491 e. The van der Waals surface area contributed by atoms with Gasteiger partial charge >= 0.3 is 6.09 Å². The van der Waals surface area contributed by atoms with E-state index in [0.29, 0.717) is 38.5 Å². The molecule has 12 heteroatoms. The van der Waals surface area contributed by atoms with E-state index < -0.39 is 41.1 Å². The quantitative estimate of drug-likeness (QED) is 0.277. The van der Waals surface area contributed by atoms with E-state index in [-0.39, 0.29) is 24.4 Å². The summed E-state index contributed by atoms with van der Waals surface area (Å²) in [6.45, 7) is 14.2. The average molecular weight is 708 g/mol. The first-order valence-electron chi connectivity index (χ1n) is 18.0. The summed E-state index contributed by atoms with van der Waals surface area (Å²) in [5.74, 6) is -0.523. The van der Waals surface area contributed by atoms with Crippen molar-refractivity contribution >= 4 is 23.8 Å². The highest BCUT2D eigenvalue weighted by atomic mass is 16.6. The standard InChI is InChI=1S/C39H57N5O7/c1-25(43(8)37(48)51-39(5,6)7)34(45)42-33(38(2,3)4)36(47)44-24-28-22-29(50-21-20-49-19-18-40)17-16-27(28)23-32(44)35(46)41-31-15-11-13-26-12-9-10-14-30(26)31/h9-10,12,14,16-17,22,25,31-33H,11,13,15,18-21,23-24,40H2,1-8H3,(H,41,46)(H,42,45)/t25-,31+,32-,33+/m0/s1. The lowest BCUT2D eigenvalue weighted by Crippen LogP contribution is -2.62. The van der Waals surface area contributed by atoms with Gasteiger partial charge in [-0.25, -0.2) is 4.79 Å². The number of nitrogens with one attached hydrogen (secondary N) is 2. The molecule has 4 atom stereocenters. The van der Waals surface area contributed by atoms with E-state index in [1.54, 1.807) is 32.6 Å². The van der Waals surface area contributed by atoms with Crippen LogP contribution in [-0.2, 0) is 43.2 Å². The molecule has 1 aliphatic carbocycles. The number of fused-ring (bicyclic) bond motifs is 2. The van der Waals surface area contributed by atoms with E-state index in [1.807, 2.05) is 51.1 Å². The number of amides is 4. The number of hydrogen-bond acceptors (Lipinski definition) is 8. The molecule has 280 valence electrons. The summed E-state index contributed by atoms with van der Waals surface area (Å²) < 4.78 is 16.8. The lowest BCUT2D eigenvalue weighted by molar-refractivity contribution is -0.147. The van der Waals surface area contributed by atoms with Crippen molar-refractivity contribution < 1.29 is 33.4 Å². The Hall–Kier alpha value is -4.16. The fourth-order valence-corrected chi connectivity index (χ4v) is 6.44. The number of carbonyl (C=O) groups is 4. The Labute approximate surface area is 302 Å². The average Bonchev–Trinajstić information content (AvgIpc) is 3.07. The highest BCUT2D eigenvalue weighted by Gasteiger charge is 2.43. The molecule has 0 spiro atoms. The van der Waals surface area contributed by atoms with Gasteiger partial charge in [0.15, 0.2) is 0 Å². The van der Waals surface area contributed by atoms with E-state index >= 15 is 0 Å². The van der Waals surface area contributed by atoms with Crippen molar-refractivity contribution in [3.8, 4) is 5.75 Å². The van der Waals surface area contributed by atoms with E-state index in [2.05, 4.69) is 22.8 Å². The SMILES string of the molecule is C[C@@H](C(=O)N[C@H](C(=O)N1Cc2cc(OCCOCCN)ccc2C[C@H]1C(=O)N[C@@H]1CCCc2ccccc21)C(C)(C)C)N(C)C(=O)OC(C)(C)C. The van der Waals surface area contributed by atoms with Crippen molar-refractivity contribution in [2.24, 2.45) is 11.1 Å². The maximum absolute atomic E-state index is 14.7. The third-order valence-electron chi connectivity index (χ3n) is 9.38. The fraction of sp³-hybridized carbons (Fsp3) is 0.590. The maximum atomic E-state index is 14.7. The summed E-state index contributed by atoms with van der Waals surface area (Å²) in [6, 6.07) is 10.9. The fourth-order valence-electron chi connectivity index (χ4n) is 6.44. The molecule has 1 heterocycles. The highest BCUT2D eigenvalue weighted by molar-refractivity contribution is 5.94. The number of rotatable bonds is 12. The van der Waals surface area contributed by atoms with Crippen LogP contribution in [0.3, 0.4) is 0 Å². The molecule has 2 aromatic carbocycles. The Balaban J connectivity index is 1.61. The van der Waals surface area contributed by atoms with Gasteiger partial charge < -0.3 is 35.5 Å². The van der Waals surface area contributed by atoms with Crippen LogP contribution in [0.25, 0.3) is 0 Å². The van der Waals surface area contributed by atoms with Gasteiger partial charge in [0.1, 0.15) is 36.1 Å². The third-order valence-corrected chi connectivity index (χ3v) is 9.38. The van der Waals surface area contributed by atoms with Gasteiger partial charge in [-0.1, -0.05) is 51.1 Å². The highest BCUT2D eigenvalue weighted by Crippen LogP contribution is 2.33. The molecule has 1 aliphatic heterocycles. The minimum absolute atomic E-state index is 0.143. The topological polar surface area (TPSA) is 153 Å². The van der Waals surface area contributed by atoms with E-state index in [4.69, 9.17) is 19.9 Å². The molecule has 0 saturated heterocycles. The first-order valence-corrected chi connectivity index (χ1v) is 18.0. The predicted molar refractivity (Wildman–Crippen MR) is 195 cm³/mol. The first kappa shape index (κ1) is 39.6. The van der Waals surface area contributed by atoms with Gasteiger partial charge in [-0.3, -0.25) is 19.3 Å². The minimum atomic E-state index is -1.01. The van der Waals surface area contributed by atoms with Crippen molar-refractivity contribution in [2.45, 2.75) is 110 Å². The molecular weight excluding hydrogens is 650 g/mol. The molecule has 51 heavy (non-hydrogen) atoms. The molecule has 12 nitrogen and oxygen atoms in total. The van der Waals surface area contributed by atoms with Crippen LogP contribution in [0.4, 0.5) is 4.79 Å². The number of carbonyl (C=O) groups excluding carboxylic acids is 4. The first-order chi connectivity index (χ1) is 24.0. The van der Waals surface area contributed by atoms with Crippen molar-refractivity contribution in [3.63, 3.8) is 0 Å². The van der Waals surface area contributed by atoms with Gasteiger partial charge in [-0.15, -0.1) is 0 Å². The zero-order valence-electron chi connectivity index (χ0n) is 31.5. The van der Waals surface area contributed by atoms with Gasteiger partial charge in [0.2, 0.25) is 17.7 Å². The van der Waals surface area contributed by atoms with E-state index in [1.165, 1.54) is 17.5 Å². The van der Waals surface area contributed by atoms with Gasteiger partial charge in [0.05, 0.1) is 19.3 Å². The Morgan fingerprint density at radius 3 is 2.39 bits per heavy atom. The number of aryl methyl sites for hydroxylation is 1. The van der Waals surface area contributed by atoms with Crippen molar-refractivity contribution in [2.75, 3.05) is 33.4 Å². The molecular formula is C39H57N5O7. The number of benzene rings is 2. The lowest BCUT2D eigenvalue weighted by Gasteiger charge is -2.42. The Morgan fingerprint density at radius 2 is 1.71 bits per heavy atom. The Kier molecular flexibility index (Phi) is 13.1. The zero-order valence-corrected chi connectivity index (χ0v) is 31.5. The summed E-state index contributed by atoms with van der Waals surface area (Å²) in [7, 11) is 1.49. The molecule has 0 bridgehead atoms. The number of ether oxygens (including phenoxy) is 3. The summed E-state index contributed by atoms with van der Waals surface area (Å²) in [4.78, 5) is 58.2. The second-order valence-electron chi connectivity index (χ2n) is 15.6. The van der Waals surface area contributed by atoms with Crippen LogP contribution < -0.4 is 21.1 Å². The molecule has 4 amide bonds. The van der Waals surface area contributed by atoms with Crippen molar-refractivity contribution in [1.82, 2.24) is 20.4 Å². The van der Waals surface area contributed by atoms with Crippen LogP contribution in [0.1, 0.15) is 89.6 Å². The minimum Gasteiger partial charge on any atom is -0.491 e. The summed E-state index contributed by atoms with van der Waals surface area (Å²) in [5, 5.41) is 6.20. The van der Waals surface area contributed by atoms with Gasteiger partial charge in [0.25, 0.3) is 0 Å². The van der Waals surface area contributed by atoms with Crippen LogP contribution in [0.2, 0.25) is 0 Å². The summed E-state index contributed by atoms with van der Waals surface area (Å²) in [5.41, 5.74) is 8.14. The zero-order chi connectivity index (χ0) is 37.5. The van der Waals surface area contributed by atoms with Crippen molar-refractivity contribution in [3.05, 3.63) is 64.7 Å². The molecule has 0 radical (unpaired) electrons. The molecule has 0 fully saturated rings. The van der Waals surface area contributed by atoms with Crippen LogP contribution >= 0.6 is 0 Å². The van der Waals surface area contributed by atoms with Gasteiger partial charge in [0, 0.05) is 26.6 Å². The number of nitrogens with zero attached hydrogens (tertiary/aromatic N) is 2.